The van der Waals surface area contributed by atoms with Crippen LogP contribution in [0.2, 0.25) is 0 Å². The van der Waals surface area contributed by atoms with E-state index in [0.29, 0.717) is 11.8 Å². The fourth-order valence-corrected chi connectivity index (χ4v) is 1.96. The molecule has 1 atom stereocenters. The summed E-state index contributed by atoms with van der Waals surface area (Å²) in [5, 5.41) is 16.9. The molecular weight excluding hydrogens is 242 g/mol. The number of furan rings is 1. The molecule has 1 heterocycles. The summed E-state index contributed by atoms with van der Waals surface area (Å²) in [6.45, 7) is 4.81. The number of aliphatic imine (C=N–C) groups is 1. The predicted molar refractivity (Wildman–Crippen MR) is 75.0 cm³/mol. The van der Waals surface area contributed by atoms with E-state index in [1.165, 1.54) is 19.3 Å². The lowest BCUT2D eigenvalue weighted by atomic mass is 9.93. The highest BCUT2D eigenvalue weighted by Crippen LogP contribution is 2.21. The van der Waals surface area contributed by atoms with Gasteiger partial charge in [0.25, 0.3) is 0 Å². The Morgan fingerprint density at radius 1 is 1.58 bits per heavy atom. The first-order chi connectivity index (χ1) is 9.12. The number of guanidine groups is 1. The molecule has 3 N–H and O–H groups in total. The minimum atomic E-state index is -1.08. The van der Waals surface area contributed by atoms with Crippen molar-refractivity contribution in [2.45, 2.75) is 44.8 Å². The number of hydrogen-bond donors (Lipinski definition) is 3. The second-order valence-electron chi connectivity index (χ2n) is 5.22. The van der Waals surface area contributed by atoms with Crippen molar-refractivity contribution in [3.63, 3.8) is 0 Å². The zero-order chi connectivity index (χ0) is 13.7. The maximum absolute atomic E-state index is 10.3. The Morgan fingerprint density at radius 2 is 2.37 bits per heavy atom. The molecule has 1 aromatic rings. The smallest absolute Gasteiger partial charge is 0.191 e. The van der Waals surface area contributed by atoms with E-state index in [9.17, 15) is 5.11 Å². The molecule has 0 saturated heterocycles. The Morgan fingerprint density at radius 3 is 2.89 bits per heavy atom. The van der Waals surface area contributed by atoms with E-state index >= 15 is 0 Å². The second kappa shape index (κ2) is 6.10. The largest absolute Gasteiger partial charge is 0.466 e. The third kappa shape index (κ3) is 3.73. The van der Waals surface area contributed by atoms with Crippen LogP contribution in [0.1, 0.15) is 38.9 Å². The van der Waals surface area contributed by atoms with Crippen LogP contribution in [0.3, 0.4) is 0 Å². The van der Waals surface area contributed by atoms with Crippen molar-refractivity contribution in [3.05, 3.63) is 24.2 Å². The minimum Gasteiger partial charge on any atom is -0.466 e. The summed E-state index contributed by atoms with van der Waals surface area (Å²) < 4.78 is 5.24. The molecule has 1 fully saturated rings. The topological polar surface area (TPSA) is 69.8 Å². The van der Waals surface area contributed by atoms with E-state index in [-0.39, 0.29) is 6.54 Å². The third-order valence-corrected chi connectivity index (χ3v) is 3.39. The van der Waals surface area contributed by atoms with Crippen molar-refractivity contribution in [3.8, 4) is 0 Å². The molecule has 1 aliphatic rings. The van der Waals surface area contributed by atoms with Crippen LogP contribution < -0.4 is 10.6 Å². The predicted octanol–water partition coefficient (Wildman–Crippen LogP) is 1.59. The molecule has 0 amide bonds. The lowest BCUT2D eigenvalue weighted by Gasteiger charge is -2.28. The van der Waals surface area contributed by atoms with E-state index in [0.717, 1.165) is 12.5 Å². The summed E-state index contributed by atoms with van der Waals surface area (Å²) in [5.41, 5.74) is -1.08. The monoisotopic (exact) mass is 265 g/mol. The summed E-state index contributed by atoms with van der Waals surface area (Å²) in [6.07, 6.45) is 5.23. The van der Waals surface area contributed by atoms with E-state index in [4.69, 9.17) is 4.42 Å². The standard InChI is InChI=1S/C14H23N3O2/c1-3-15-13(17-11-6-4-7-11)16-10-14(2,18)12-8-5-9-19-12/h5,8-9,11,18H,3-4,6-7,10H2,1-2H3,(H2,15,16,17). The van der Waals surface area contributed by atoms with Crippen molar-refractivity contribution in [2.75, 3.05) is 13.1 Å². The number of aliphatic hydroxyl groups is 1. The normalized spacial score (nSPS) is 19.6. The lowest BCUT2D eigenvalue weighted by molar-refractivity contribution is 0.0436. The molecule has 1 unspecified atom stereocenters. The van der Waals surface area contributed by atoms with Gasteiger partial charge in [0.15, 0.2) is 5.96 Å². The van der Waals surface area contributed by atoms with Gasteiger partial charge in [-0.3, -0.25) is 0 Å². The van der Waals surface area contributed by atoms with Gasteiger partial charge in [-0.15, -0.1) is 0 Å². The highest BCUT2D eigenvalue weighted by molar-refractivity contribution is 5.80. The Balaban J connectivity index is 1.96. The lowest BCUT2D eigenvalue weighted by Crippen LogP contribution is -2.46. The Labute approximate surface area is 114 Å². The van der Waals surface area contributed by atoms with Crippen LogP contribution in [0.25, 0.3) is 0 Å². The molecule has 0 radical (unpaired) electrons. The van der Waals surface area contributed by atoms with Gasteiger partial charge in [0.2, 0.25) is 0 Å². The number of hydrogen-bond acceptors (Lipinski definition) is 3. The fraction of sp³-hybridized carbons (Fsp3) is 0.643. The van der Waals surface area contributed by atoms with Crippen LogP contribution in [0.15, 0.2) is 27.8 Å². The summed E-state index contributed by atoms with van der Waals surface area (Å²) in [6, 6.07) is 4.05. The van der Waals surface area contributed by atoms with Crippen LogP contribution >= 0.6 is 0 Å². The molecule has 19 heavy (non-hydrogen) atoms. The summed E-state index contributed by atoms with van der Waals surface area (Å²) in [5.74, 6) is 1.30. The van der Waals surface area contributed by atoms with Gasteiger partial charge in [0.1, 0.15) is 11.4 Å². The van der Waals surface area contributed by atoms with Gasteiger partial charge in [-0.25, -0.2) is 4.99 Å². The summed E-state index contributed by atoms with van der Waals surface area (Å²) in [4.78, 5) is 4.45. The van der Waals surface area contributed by atoms with Crippen LogP contribution in [-0.2, 0) is 5.60 Å². The van der Waals surface area contributed by atoms with E-state index < -0.39 is 5.60 Å². The number of rotatable bonds is 5. The van der Waals surface area contributed by atoms with Gasteiger partial charge in [0.05, 0.1) is 12.8 Å². The fourth-order valence-electron chi connectivity index (χ4n) is 1.96. The zero-order valence-corrected chi connectivity index (χ0v) is 11.6. The first kappa shape index (κ1) is 13.9. The molecular formula is C14H23N3O2. The molecule has 1 aliphatic carbocycles. The van der Waals surface area contributed by atoms with Crippen molar-refractivity contribution < 1.29 is 9.52 Å². The number of nitrogens with zero attached hydrogens (tertiary/aromatic N) is 1. The molecule has 5 heteroatoms. The van der Waals surface area contributed by atoms with Crippen LogP contribution in [0, 0.1) is 0 Å². The first-order valence-corrected chi connectivity index (χ1v) is 6.93. The maximum Gasteiger partial charge on any atom is 0.191 e. The maximum atomic E-state index is 10.3. The SMILES string of the molecule is CCNC(=NCC(C)(O)c1ccco1)NC1CCC1. The molecule has 0 spiro atoms. The number of nitrogens with one attached hydrogen (secondary N) is 2. The summed E-state index contributed by atoms with van der Waals surface area (Å²) in [7, 11) is 0. The van der Waals surface area contributed by atoms with Crippen molar-refractivity contribution in [2.24, 2.45) is 4.99 Å². The van der Waals surface area contributed by atoms with Gasteiger partial charge >= 0.3 is 0 Å². The average Bonchev–Trinajstić information content (AvgIpc) is 2.85. The van der Waals surface area contributed by atoms with Crippen molar-refractivity contribution in [1.29, 1.82) is 0 Å². The van der Waals surface area contributed by atoms with Crippen molar-refractivity contribution in [1.82, 2.24) is 10.6 Å². The Bertz CT molecular complexity index is 408. The molecule has 0 bridgehead atoms. The van der Waals surface area contributed by atoms with E-state index in [1.54, 1.807) is 25.3 Å². The Kier molecular flexibility index (Phi) is 4.47. The molecule has 106 valence electrons. The highest BCUT2D eigenvalue weighted by atomic mass is 16.4. The highest BCUT2D eigenvalue weighted by Gasteiger charge is 2.26. The second-order valence-corrected chi connectivity index (χ2v) is 5.22. The molecule has 5 nitrogen and oxygen atoms in total. The summed E-state index contributed by atoms with van der Waals surface area (Å²) >= 11 is 0. The van der Waals surface area contributed by atoms with Gasteiger partial charge in [0, 0.05) is 12.6 Å². The van der Waals surface area contributed by atoms with Gasteiger partial charge in [-0.1, -0.05) is 0 Å². The third-order valence-electron chi connectivity index (χ3n) is 3.39. The molecule has 1 saturated carbocycles. The molecule has 0 aromatic carbocycles. The Hall–Kier alpha value is -1.49. The van der Waals surface area contributed by atoms with Crippen LogP contribution in [-0.4, -0.2) is 30.2 Å². The zero-order valence-electron chi connectivity index (χ0n) is 11.6. The first-order valence-electron chi connectivity index (χ1n) is 6.93. The van der Waals surface area contributed by atoms with Gasteiger partial charge in [-0.2, -0.15) is 0 Å². The van der Waals surface area contributed by atoms with Crippen LogP contribution in [0.4, 0.5) is 0 Å². The van der Waals surface area contributed by atoms with E-state index in [2.05, 4.69) is 15.6 Å². The van der Waals surface area contributed by atoms with E-state index in [1.807, 2.05) is 6.92 Å². The molecule has 0 aliphatic heterocycles. The van der Waals surface area contributed by atoms with Crippen molar-refractivity contribution >= 4 is 5.96 Å². The molecule has 2 rings (SSSR count). The van der Waals surface area contributed by atoms with Crippen LogP contribution in [0.5, 0.6) is 0 Å². The minimum absolute atomic E-state index is 0.266. The quantitative estimate of drug-likeness (QED) is 0.558. The average molecular weight is 265 g/mol. The van der Waals surface area contributed by atoms with Gasteiger partial charge in [-0.05, 0) is 45.2 Å². The molecule has 1 aromatic heterocycles. The van der Waals surface area contributed by atoms with Gasteiger partial charge < -0.3 is 20.2 Å².